The smallest absolute Gasteiger partial charge is 0.259 e. The van der Waals surface area contributed by atoms with Crippen molar-refractivity contribution in [3.05, 3.63) is 64.7 Å². The van der Waals surface area contributed by atoms with Crippen molar-refractivity contribution < 1.29 is 13.7 Å². The number of pyridine rings is 1. The van der Waals surface area contributed by atoms with E-state index >= 15 is 0 Å². The van der Waals surface area contributed by atoms with Crippen LogP contribution in [0.25, 0.3) is 22.4 Å². The van der Waals surface area contributed by atoms with E-state index in [0.29, 0.717) is 45.1 Å². The second-order valence-corrected chi connectivity index (χ2v) is 6.51. The summed E-state index contributed by atoms with van der Waals surface area (Å²) in [6, 6.07) is 10.7. The van der Waals surface area contributed by atoms with Crippen molar-refractivity contribution in [2.24, 2.45) is 0 Å². The van der Waals surface area contributed by atoms with Gasteiger partial charge in [-0.25, -0.2) is 4.98 Å². The van der Waals surface area contributed by atoms with Crippen LogP contribution in [-0.2, 0) is 0 Å². The zero-order chi connectivity index (χ0) is 19.8. The molecule has 0 unspecified atom stereocenters. The average molecular weight is 371 g/mol. The molecule has 0 radical (unpaired) electrons. The summed E-state index contributed by atoms with van der Waals surface area (Å²) in [5, 5.41) is 7.43. The fourth-order valence-corrected chi connectivity index (χ4v) is 3.18. The molecule has 4 aromatic rings. The number of carbonyl (C=O) groups is 1. The highest BCUT2D eigenvalue weighted by Crippen LogP contribution is 2.30. The fraction of sp³-hybridized carbons (Fsp3) is 0.136. The quantitative estimate of drug-likeness (QED) is 0.531. The van der Waals surface area contributed by atoms with Crippen LogP contribution in [0.4, 0.5) is 5.69 Å². The van der Waals surface area contributed by atoms with E-state index in [1.165, 1.54) is 0 Å². The van der Waals surface area contributed by atoms with E-state index in [0.717, 1.165) is 11.3 Å². The lowest BCUT2D eigenvalue weighted by atomic mass is 10.1. The molecule has 6 nitrogen and oxygen atoms in total. The predicted octanol–water partition coefficient (Wildman–Crippen LogP) is 4.64. The SMILES string of the molecule is C#Cc1cccc(NC(=O)c2cc(-c3cc(C)oc3C)nc3onc(C)c23)c1. The fourth-order valence-electron chi connectivity index (χ4n) is 3.18. The highest BCUT2D eigenvalue weighted by Gasteiger charge is 2.21. The van der Waals surface area contributed by atoms with Gasteiger partial charge in [0.05, 0.1) is 22.3 Å². The summed E-state index contributed by atoms with van der Waals surface area (Å²) in [7, 11) is 0. The molecule has 1 N–H and O–H groups in total. The van der Waals surface area contributed by atoms with E-state index in [-0.39, 0.29) is 5.91 Å². The minimum atomic E-state index is -0.299. The van der Waals surface area contributed by atoms with E-state index in [9.17, 15) is 4.79 Å². The van der Waals surface area contributed by atoms with Crippen LogP contribution in [0.1, 0.15) is 33.1 Å². The first-order valence-electron chi connectivity index (χ1n) is 8.68. The number of benzene rings is 1. The number of rotatable bonds is 3. The maximum Gasteiger partial charge on any atom is 0.259 e. The molecule has 3 heterocycles. The summed E-state index contributed by atoms with van der Waals surface area (Å²) in [5.41, 5.74) is 3.99. The van der Waals surface area contributed by atoms with Gasteiger partial charge in [0.25, 0.3) is 11.6 Å². The highest BCUT2D eigenvalue weighted by atomic mass is 16.5. The van der Waals surface area contributed by atoms with Gasteiger partial charge < -0.3 is 14.3 Å². The van der Waals surface area contributed by atoms with Gasteiger partial charge in [-0.05, 0) is 51.1 Å². The lowest BCUT2D eigenvalue weighted by molar-refractivity contribution is 0.102. The number of aryl methyl sites for hydroxylation is 3. The molecule has 0 spiro atoms. The van der Waals surface area contributed by atoms with Crippen molar-refractivity contribution >= 4 is 22.7 Å². The van der Waals surface area contributed by atoms with Gasteiger partial charge in [0, 0.05) is 16.8 Å². The third-order valence-electron chi connectivity index (χ3n) is 4.47. The molecule has 1 amide bonds. The molecule has 0 aliphatic carbocycles. The Morgan fingerprint density at radius 2 is 2.00 bits per heavy atom. The summed E-state index contributed by atoms with van der Waals surface area (Å²) in [4.78, 5) is 17.6. The van der Waals surface area contributed by atoms with Gasteiger partial charge in [-0.1, -0.05) is 17.1 Å². The Kier molecular flexibility index (Phi) is 4.21. The Morgan fingerprint density at radius 3 is 2.71 bits per heavy atom. The van der Waals surface area contributed by atoms with E-state index in [2.05, 4.69) is 21.4 Å². The number of hydrogen-bond donors (Lipinski definition) is 1. The number of anilines is 1. The molecular formula is C22H17N3O3. The number of furan rings is 1. The van der Waals surface area contributed by atoms with Crippen LogP contribution in [0, 0.1) is 33.1 Å². The third kappa shape index (κ3) is 3.03. The van der Waals surface area contributed by atoms with Crippen LogP contribution >= 0.6 is 0 Å². The van der Waals surface area contributed by atoms with E-state index < -0.39 is 0 Å². The molecule has 28 heavy (non-hydrogen) atoms. The molecule has 0 aliphatic heterocycles. The third-order valence-corrected chi connectivity index (χ3v) is 4.47. The molecule has 3 aromatic heterocycles. The Balaban J connectivity index is 1.82. The van der Waals surface area contributed by atoms with Gasteiger partial charge in [-0.3, -0.25) is 4.79 Å². The molecular weight excluding hydrogens is 354 g/mol. The van der Waals surface area contributed by atoms with Crippen LogP contribution in [-0.4, -0.2) is 16.0 Å². The molecule has 6 heteroatoms. The molecule has 138 valence electrons. The second kappa shape index (κ2) is 6.71. The van der Waals surface area contributed by atoms with E-state index in [1.54, 1.807) is 37.3 Å². The lowest BCUT2D eigenvalue weighted by Crippen LogP contribution is -2.13. The van der Waals surface area contributed by atoms with Gasteiger partial charge in [-0.2, -0.15) is 0 Å². The first kappa shape index (κ1) is 17.6. The maximum atomic E-state index is 13.1. The van der Waals surface area contributed by atoms with Gasteiger partial charge in [0.2, 0.25) is 0 Å². The van der Waals surface area contributed by atoms with Crippen molar-refractivity contribution in [1.29, 1.82) is 0 Å². The molecule has 0 aliphatic rings. The molecule has 1 aromatic carbocycles. The van der Waals surface area contributed by atoms with Gasteiger partial charge in [0.15, 0.2) is 0 Å². The topological polar surface area (TPSA) is 81.2 Å². The predicted molar refractivity (Wildman–Crippen MR) is 106 cm³/mol. The van der Waals surface area contributed by atoms with Gasteiger partial charge in [0.1, 0.15) is 11.5 Å². The van der Waals surface area contributed by atoms with Crippen molar-refractivity contribution in [3.8, 4) is 23.6 Å². The first-order valence-corrected chi connectivity index (χ1v) is 8.68. The molecule has 0 atom stereocenters. The van der Waals surface area contributed by atoms with Gasteiger partial charge >= 0.3 is 0 Å². The molecule has 0 saturated heterocycles. The van der Waals surface area contributed by atoms with E-state index in [1.807, 2.05) is 19.9 Å². The summed E-state index contributed by atoms with van der Waals surface area (Å²) >= 11 is 0. The maximum absolute atomic E-state index is 13.1. The van der Waals surface area contributed by atoms with Crippen molar-refractivity contribution in [2.45, 2.75) is 20.8 Å². The Labute approximate surface area is 161 Å². The van der Waals surface area contributed by atoms with Crippen LogP contribution < -0.4 is 5.32 Å². The second-order valence-electron chi connectivity index (χ2n) is 6.51. The molecule has 0 bridgehead atoms. The normalized spacial score (nSPS) is 10.8. The monoisotopic (exact) mass is 371 g/mol. The van der Waals surface area contributed by atoms with Crippen molar-refractivity contribution in [3.63, 3.8) is 0 Å². The zero-order valence-corrected chi connectivity index (χ0v) is 15.7. The first-order chi connectivity index (χ1) is 13.5. The summed E-state index contributed by atoms with van der Waals surface area (Å²) < 4.78 is 10.9. The van der Waals surface area contributed by atoms with Crippen LogP contribution in [0.5, 0.6) is 0 Å². The number of terminal acetylenes is 1. The number of hydrogen-bond acceptors (Lipinski definition) is 5. The van der Waals surface area contributed by atoms with Crippen LogP contribution in [0.3, 0.4) is 0 Å². The van der Waals surface area contributed by atoms with Crippen molar-refractivity contribution in [2.75, 3.05) is 5.32 Å². The lowest BCUT2D eigenvalue weighted by Gasteiger charge is -2.08. The number of fused-ring (bicyclic) bond motifs is 1. The van der Waals surface area contributed by atoms with Crippen LogP contribution in [0.2, 0.25) is 0 Å². The molecule has 0 saturated carbocycles. The Morgan fingerprint density at radius 1 is 1.18 bits per heavy atom. The summed E-state index contributed by atoms with van der Waals surface area (Å²) in [5.74, 6) is 3.74. The summed E-state index contributed by atoms with van der Waals surface area (Å²) in [6.07, 6.45) is 5.44. The molecule has 4 rings (SSSR count). The van der Waals surface area contributed by atoms with E-state index in [4.69, 9.17) is 15.4 Å². The van der Waals surface area contributed by atoms with Crippen molar-refractivity contribution in [1.82, 2.24) is 10.1 Å². The Hall–Kier alpha value is -3.85. The highest BCUT2D eigenvalue weighted by molar-refractivity contribution is 6.13. The standard InChI is InChI=1S/C22H17N3O3/c1-5-15-7-6-8-16(10-15)23-21(26)18-11-19(17-9-12(2)27-14(17)4)24-22-20(18)13(3)25-28-22/h1,6-11H,2-4H3,(H,23,26). The molecule has 0 fully saturated rings. The number of aromatic nitrogens is 2. The number of carbonyl (C=O) groups excluding carboxylic acids is 1. The number of nitrogens with zero attached hydrogens (tertiary/aromatic N) is 2. The number of amides is 1. The minimum Gasteiger partial charge on any atom is -0.466 e. The largest absolute Gasteiger partial charge is 0.466 e. The number of nitrogens with one attached hydrogen (secondary N) is 1. The minimum absolute atomic E-state index is 0.299. The Bertz CT molecular complexity index is 1260. The van der Waals surface area contributed by atoms with Gasteiger partial charge in [-0.15, -0.1) is 6.42 Å². The summed E-state index contributed by atoms with van der Waals surface area (Å²) in [6.45, 7) is 5.49. The average Bonchev–Trinajstić information content (AvgIpc) is 3.22. The zero-order valence-electron chi connectivity index (χ0n) is 15.7. The van der Waals surface area contributed by atoms with Crippen LogP contribution in [0.15, 0.2) is 45.3 Å².